The summed E-state index contributed by atoms with van der Waals surface area (Å²) in [7, 11) is 0. The molecule has 6 heteroatoms. The summed E-state index contributed by atoms with van der Waals surface area (Å²) < 4.78 is 0. The van der Waals surface area contributed by atoms with Gasteiger partial charge in [0.05, 0.1) is 17.6 Å². The molecule has 2 N–H and O–H groups in total. The Labute approximate surface area is 127 Å². The van der Waals surface area contributed by atoms with E-state index in [0.29, 0.717) is 11.7 Å². The largest absolute Gasteiger partial charge is 0.378 e. The van der Waals surface area contributed by atoms with Gasteiger partial charge in [-0.3, -0.25) is 10.1 Å². The molecule has 0 saturated carbocycles. The van der Waals surface area contributed by atoms with Crippen molar-refractivity contribution in [3.05, 3.63) is 59.3 Å². The summed E-state index contributed by atoms with van der Waals surface area (Å²) in [5.74, 6) is 0. The summed E-state index contributed by atoms with van der Waals surface area (Å²) in [6.45, 7) is 2.60. The van der Waals surface area contributed by atoms with Gasteiger partial charge >= 0.3 is 0 Å². The van der Waals surface area contributed by atoms with Crippen LogP contribution in [0.4, 0.5) is 5.69 Å². The second-order valence-electron chi connectivity index (χ2n) is 4.66. The lowest BCUT2D eigenvalue weighted by Crippen LogP contribution is -2.03. The molecule has 3 aromatic rings. The summed E-state index contributed by atoms with van der Waals surface area (Å²) >= 11 is 6.12. The number of anilines is 1. The van der Waals surface area contributed by atoms with E-state index in [1.165, 1.54) is 0 Å². The Morgan fingerprint density at radius 1 is 1.24 bits per heavy atom. The maximum absolute atomic E-state index is 6.12. The smallest absolute Gasteiger partial charge is 0.152 e. The van der Waals surface area contributed by atoms with E-state index in [9.17, 15) is 0 Å². The highest BCUT2D eigenvalue weighted by Gasteiger charge is 2.10. The molecule has 0 spiro atoms. The van der Waals surface area contributed by atoms with Gasteiger partial charge in [0.1, 0.15) is 0 Å². The van der Waals surface area contributed by atoms with Crippen LogP contribution in [0.15, 0.2) is 43.0 Å². The Balaban J connectivity index is 1.83. The SMILES string of the molecule is Cc1ccnc(Cl)c1NCc1cn[nH]c1-c1cccnc1. The van der Waals surface area contributed by atoms with Gasteiger partial charge in [0.25, 0.3) is 0 Å². The first-order chi connectivity index (χ1) is 10.3. The number of nitrogens with zero attached hydrogens (tertiary/aromatic N) is 3. The number of pyridine rings is 2. The fraction of sp³-hybridized carbons (Fsp3) is 0.133. The van der Waals surface area contributed by atoms with Gasteiger partial charge in [-0.2, -0.15) is 5.10 Å². The van der Waals surface area contributed by atoms with Crippen molar-refractivity contribution in [1.29, 1.82) is 0 Å². The van der Waals surface area contributed by atoms with Gasteiger partial charge in [0.2, 0.25) is 0 Å². The monoisotopic (exact) mass is 299 g/mol. The van der Waals surface area contributed by atoms with Crippen LogP contribution < -0.4 is 5.32 Å². The van der Waals surface area contributed by atoms with E-state index >= 15 is 0 Å². The number of aromatic nitrogens is 4. The summed E-state index contributed by atoms with van der Waals surface area (Å²) in [5.41, 5.74) is 4.90. The third-order valence-corrected chi connectivity index (χ3v) is 3.52. The summed E-state index contributed by atoms with van der Waals surface area (Å²) in [6.07, 6.45) is 7.05. The third kappa shape index (κ3) is 2.87. The van der Waals surface area contributed by atoms with Crippen LogP contribution >= 0.6 is 11.6 Å². The van der Waals surface area contributed by atoms with Crippen molar-refractivity contribution in [3.63, 3.8) is 0 Å². The fourth-order valence-corrected chi connectivity index (χ4v) is 2.40. The Morgan fingerprint density at radius 3 is 2.90 bits per heavy atom. The van der Waals surface area contributed by atoms with Gasteiger partial charge in [-0.05, 0) is 30.7 Å². The molecule has 0 atom stereocenters. The minimum atomic E-state index is 0.474. The zero-order chi connectivity index (χ0) is 14.7. The molecule has 106 valence electrons. The molecule has 3 heterocycles. The molecule has 0 aromatic carbocycles. The molecule has 0 bridgehead atoms. The molecule has 0 aliphatic carbocycles. The molecule has 3 rings (SSSR count). The molecule has 0 amide bonds. The van der Waals surface area contributed by atoms with E-state index in [-0.39, 0.29) is 0 Å². The standard InChI is InChI=1S/C15H14ClN5/c1-10-4-6-18-15(16)13(10)19-8-12-9-20-21-14(12)11-3-2-5-17-7-11/h2-7,9,19H,8H2,1H3,(H,20,21). The second kappa shape index (κ2) is 5.93. The first-order valence-corrected chi connectivity index (χ1v) is 6.91. The first kappa shape index (κ1) is 13.6. The van der Waals surface area contributed by atoms with Crippen molar-refractivity contribution in [3.8, 4) is 11.3 Å². The van der Waals surface area contributed by atoms with Crippen LogP contribution in [0.5, 0.6) is 0 Å². The predicted molar refractivity (Wildman–Crippen MR) is 83.1 cm³/mol. The lowest BCUT2D eigenvalue weighted by molar-refractivity contribution is 1.09. The Morgan fingerprint density at radius 2 is 2.14 bits per heavy atom. The normalized spacial score (nSPS) is 10.6. The van der Waals surface area contributed by atoms with E-state index < -0.39 is 0 Å². The van der Waals surface area contributed by atoms with Crippen LogP contribution in [-0.2, 0) is 6.54 Å². The van der Waals surface area contributed by atoms with Gasteiger partial charge in [0.15, 0.2) is 5.15 Å². The number of hydrogen-bond donors (Lipinski definition) is 2. The minimum absolute atomic E-state index is 0.474. The summed E-state index contributed by atoms with van der Waals surface area (Å²) in [4.78, 5) is 8.22. The number of H-pyrrole nitrogens is 1. The number of nitrogens with one attached hydrogen (secondary N) is 2. The molecule has 0 radical (unpaired) electrons. The van der Waals surface area contributed by atoms with Gasteiger partial charge in [-0.25, -0.2) is 4.98 Å². The zero-order valence-corrected chi connectivity index (χ0v) is 12.2. The molecule has 0 aliphatic heterocycles. The van der Waals surface area contributed by atoms with Crippen molar-refractivity contribution in [2.24, 2.45) is 0 Å². The van der Waals surface area contributed by atoms with Crippen LogP contribution in [0.1, 0.15) is 11.1 Å². The summed E-state index contributed by atoms with van der Waals surface area (Å²) in [6, 6.07) is 5.81. The number of halogens is 1. The van der Waals surface area contributed by atoms with Gasteiger partial charge in [-0.15, -0.1) is 0 Å². The maximum Gasteiger partial charge on any atom is 0.152 e. The molecule has 0 fully saturated rings. The third-order valence-electron chi connectivity index (χ3n) is 3.24. The van der Waals surface area contributed by atoms with Crippen LogP contribution in [0, 0.1) is 6.92 Å². The topological polar surface area (TPSA) is 66.5 Å². The Kier molecular flexibility index (Phi) is 3.83. The van der Waals surface area contributed by atoms with Gasteiger partial charge in [0, 0.05) is 36.3 Å². The number of aryl methyl sites for hydroxylation is 1. The second-order valence-corrected chi connectivity index (χ2v) is 5.02. The van der Waals surface area contributed by atoms with E-state index in [1.54, 1.807) is 24.8 Å². The first-order valence-electron chi connectivity index (χ1n) is 6.53. The molecule has 0 aliphatic rings. The van der Waals surface area contributed by atoms with Gasteiger partial charge < -0.3 is 5.32 Å². The van der Waals surface area contributed by atoms with E-state index in [0.717, 1.165) is 28.1 Å². The lowest BCUT2D eigenvalue weighted by atomic mass is 10.1. The lowest BCUT2D eigenvalue weighted by Gasteiger charge is -2.10. The highest BCUT2D eigenvalue weighted by atomic mass is 35.5. The quantitative estimate of drug-likeness (QED) is 0.724. The Hall–Kier alpha value is -2.40. The summed E-state index contributed by atoms with van der Waals surface area (Å²) in [5, 5.41) is 10.9. The zero-order valence-electron chi connectivity index (χ0n) is 11.5. The van der Waals surface area contributed by atoms with Crippen LogP contribution in [0.3, 0.4) is 0 Å². The number of aromatic amines is 1. The highest BCUT2D eigenvalue weighted by molar-refractivity contribution is 6.32. The average Bonchev–Trinajstić information content (AvgIpc) is 2.96. The maximum atomic E-state index is 6.12. The van der Waals surface area contributed by atoms with Crippen LogP contribution in [0.2, 0.25) is 5.15 Å². The molecule has 5 nitrogen and oxygen atoms in total. The van der Waals surface area contributed by atoms with E-state index in [1.807, 2.05) is 25.1 Å². The highest BCUT2D eigenvalue weighted by Crippen LogP contribution is 2.25. The van der Waals surface area contributed by atoms with Gasteiger partial charge in [-0.1, -0.05) is 11.6 Å². The minimum Gasteiger partial charge on any atom is -0.378 e. The van der Waals surface area contributed by atoms with Crippen LogP contribution in [-0.4, -0.2) is 20.2 Å². The average molecular weight is 300 g/mol. The van der Waals surface area contributed by atoms with Crippen LogP contribution in [0.25, 0.3) is 11.3 Å². The molecule has 21 heavy (non-hydrogen) atoms. The molecule has 0 saturated heterocycles. The van der Waals surface area contributed by atoms with E-state index in [2.05, 4.69) is 25.5 Å². The Bertz CT molecular complexity index is 719. The van der Waals surface area contributed by atoms with Crippen molar-refractivity contribution in [2.45, 2.75) is 13.5 Å². The molecule has 0 unspecified atom stereocenters. The molecular formula is C15H14ClN5. The molecular weight excluding hydrogens is 286 g/mol. The number of rotatable bonds is 4. The number of hydrogen-bond acceptors (Lipinski definition) is 4. The molecule has 3 aromatic heterocycles. The van der Waals surface area contributed by atoms with Crippen molar-refractivity contribution in [1.82, 2.24) is 20.2 Å². The van der Waals surface area contributed by atoms with E-state index in [4.69, 9.17) is 11.6 Å². The van der Waals surface area contributed by atoms with Crippen molar-refractivity contribution in [2.75, 3.05) is 5.32 Å². The predicted octanol–water partition coefficient (Wildman–Crippen LogP) is 3.44. The van der Waals surface area contributed by atoms with Crippen molar-refractivity contribution < 1.29 is 0 Å². The fourth-order valence-electron chi connectivity index (χ4n) is 2.13. The van der Waals surface area contributed by atoms with Crippen molar-refractivity contribution >= 4 is 17.3 Å².